The summed E-state index contributed by atoms with van der Waals surface area (Å²) >= 11 is 6.61. The number of rotatable bonds is 7. The van der Waals surface area contributed by atoms with Crippen LogP contribution in [-0.4, -0.2) is 31.6 Å². The molecule has 0 aliphatic carbocycles. The number of piperidine rings is 1. The van der Waals surface area contributed by atoms with Gasteiger partial charge in [-0.15, -0.1) is 0 Å². The maximum atomic E-state index is 12.5. The van der Waals surface area contributed by atoms with Crippen LogP contribution >= 0.6 is 11.6 Å². The molecule has 0 aromatic heterocycles. The van der Waals surface area contributed by atoms with Gasteiger partial charge < -0.3 is 15.4 Å². The smallest absolute Gasteiger partial charge is 0.338 e. The molecule has 3 rings (SSSR count). The SMILES string of the molecule is CCOC(=O)c1ccc([C@@H](C(N)=O)C(C)c2cccc(Cl)c2N2CCCCC2)cc1. The molecule has 30 heavy (non-hydrogen) atoms. The van der Waals surface area contributed by atoms with Crippen LogP contribution in [0, 0.1) is 0 Å². The fourth-order valence-corrected chi connectivity index (χ4v) is 4.57. The molecule has 2 aromatic rings. The molecule has 2 atom stereocenters. The van der Waals surface area contributed by atoms with Crippen LogP contribution in [0.3, 0.4) is 0 Å². The van der Waals surface area contributed by atoms with Crippen molar-refractivity contribution in [2.45, 2.75) is 44.9 Å². The summed E-state index contributed by atoms with van der Waals surface area (Å²) in [7, 11) is 0. The molecule has 5 nitrogen and oxygen atoms in total. The molecular weight excluding hydrogens is 400 g/mol. The summed E-state index contributed by atoms with van der Waals surface area (Å²) in [6, 6.07) is 12.8. The molecule has 6 heteroatoms. The Labute approximate surface area is 183 Å². The van der Waals surface area contributed by atoms with Crippen LogP contribution in [0.15, 0.2) is 42.5 Å². The molecule has 0 bridgehead atoms. The minimum absolute atomic E-state index is 0.174. The minimum Gasteiger partial charge on any atom is -0.462 e. The Morgan fingerprint density at radius 1 is 1.10 bits per heavy atom. The average molecular weight is 429 g/mol. The van der Waals surface area contributed by atoms with Crippen molar-refractivity contribution in [2.75, 3.05) is 24.6 Å². The van der Waals surface area contributed by atoms with E-state index in [1.54, 1.807) is 31.2 Å². The van der Waals surface area contributed by atoms with Gasteiger partial charge in [-0.05, 0) is 61.4 Å². The summed E-state index contributed by atoms with van der Waals surface area (Å²) in [5.74, 6) is -1.50. The number of halogens is 1. The van der Waals surface area contributed by atoms with Crippen LogP contribution in [0.25, 0.3) is 0 Å². The van der Waals surface area contributed by atoms with Crippen molar-refractivity contribution in [2.24, 2.45) is 5.73 Å². The van der Waals surface area contributed by atoms with E-state index in [-0.39, 0.29) is 11.9 Å². The second-order valence-corrected chi connectivity index (χ2v) is 8.14. The van der Waals surface area contributed by atoms with Crippen molar-refractivity contribution in [3.8, 4) is 0 Å². The highest BCUT2D eigenvalue weighted by atomic mass is 35.5. The Hall–Kier alpha value is -2.53. The lowest BCUT2D eigenvalue weighted by Crippen LogP contribution is -2.32. The van der Waals surface area contributed by atoms with Crippen molar-refractivity contribution < 1.29 is 14.3 Å². The third-order valence-corrected chi connectivity index (χ3v) is 6.07. The highest BCUT2D eigenvalue weighted by Crippen LogP contribution is 2.41. The summed E-state index contributed by atoms with van der Waals surface area (Å²) in [5, 5.41) is 0.696. The zero-order valence-electron chi connectivity index (χ0n) is 17.6. The number of hydrogen-bond donors (Lipinski definition) is 1. The van der Waals surface area contributed by atoms with Gasteiger partial charge in [0.25, 0.3) is 0 Å². The molecule has 1 aliphatic heterocycles. The summed E-state index contributed by atoms with van der Waals surface area (Å²) in [5.41, 5.74) is 9.08. The number of nitrogens with zero attached hydrogens (tertiary/aromatic N) is 1. The summed E-state index contributed by atoms with van der Waals surface area (Å²) < 4.78 is 5.04. The maximum absolute atomic E-state index is 12.5. The van der Waals surface area contributed by atoms with Gasteiger partial charge in [0, 0.05) is 13.1 Å². The topological polar surface area (TPSA) is 72.6 Å². The van der Waals surface area contributed by atoms with Crippen LogP contribution in [0.1, 0.15) is 66.4 Å². The molecule has 160 valence electrons. The first kappa shape index (κ1) is 22.2. The second kappa shape index (κ2) is 9.98. The standard InChI is InChI=1S/C24H29ClN2O3/c1-3-30-24(29)18-12-10-17(11-13-18)21(23(26)28)16(2)19-8-7-9-20(25)22(19)27-14-5-4-6-15-27/h7-13,16,21H,3-6,14-15H2,1-2H3,(H2,26,28)/t16?,21-/m0/s1. The molecule has 1 unspecified atom stereocenters. The van der Waals surface area contributed by atoms with E-state index in [1.165, 1.54) is 6.42 Å². The lowest BCUT2D eigenvalue weighted by atomic mass is 9.81. The number of para-hydroxylation sites is 1. The lowest BCUT2D eigenvalue weighted by molar-refractivity contribution is -0.119. The Morgan fingerprint density at radius 2 is 1.77 bits per heavy atom. The number of esters is 1. The van der Waals surface area contributed by atoms with Gasteiger partial charge in [-0.2, -0.15) is 0 Å². The van der Waals surface area contributed by atoms with Gasteiger partial charge in [-0.3, -0.25) is 4.79 Å². The number of anilines is 1. The number of benzene rings is 2. The first-order valence-electron chi connectivity index (χ1n) is 10.5. The van der Waals surface area contributed by atoms with Crippen LogP contribution in [0.5, 0.6) is 0 Å². The summed E-state index contributed by atoms with van der Waals surface area (Å²) in [4.78, 5) is 26.7. The first-order chi connectivity index (χ1) is 14.4. The predicted molar refractivity (Wildman–Crippen MR) is 120 cm³/mol. The number of carbonyl (C=O) groups excluding carboxylic acids is 2. The Morgan fingerprint density at radius 3 is 2.37 bits per heavy atom. The Kier molecular flexibility index (Phi) is 7.38. The Bertz CT molecular complexity index is 892. The van der Waals surface area contributed by atoms with E-state index < -0.39 is 11.8 Å². The van der Waals surface area contributed by atoms with Gasteiger partial charge >= 0.3 is 5.97 Å². The fourth-order valence-electron chi connectivity index (χ4n) is 4.27. The van der Waals surface area contributed by atoms with Gasteiger partial charge in [0.05, 0.1) is 28.8 Å². The molecule has 2 N–H and O–H groups in total. The average Bonchev–Trinajstić information content (AvgIpc) is 2.74. The number of primary amides is 1. The normalized spacial score (nSPS) is 16.0. The summed E-state index contributed by atoms with van der Waals surface area (Å²) in [6.45, 7) is 6.00. The van der Waals surface area contributed by atoms with Gasteiger partial charge in [0.2, 0.25) is 5.91 Å². The third kappa shape index (κ3) is 4.78. The number of carbonyl (C=O) groups is 2. The highest BCUT2D eigenvalue weighted by Gasteiger charge is 2.30. The molecular formula is C24H29ClN2O3. The van der Waals surface area contributed by atoms with E-state index >= 15 is 0 Å². The maximum Gasteiger partial charge on any atom is 0.338 e. The van der Waals surface area contributed by atoms with Crippen molar-refractivity contribution in [1.29, 1.82) is 0 Å². The molecule has 1 amide bonds. The zero-order valence-corrected chi connectivity index (χ0v) is 18.3. The molecule has 0 saturated carbocycles. The Balaban J connectivity index is 1.95. The fraction of sp³-hybridized carbons (Fsp3) is 0.417. The second-order valence-electron chi connectivity index (χ2n) is 7.74. The first-order valence-corrected chi connectivity index (χ1v) is 10.9. The van der Waals surface area contributed by atoms with Gasteiger partial charge in [0.1, 0.15) is 0 Å². The lowest BCUT2D eigenvalue weighted by Gasteiger charge is -2.34. The van der Waals surface area contributed by atoms with Crippen molar-refractivity contribution in [3.63, 3.8) is 0 Å². The molecule has 1 aliphatic rings. The van der Waals surface area contributed by atoms with Crippen LogP contribution in [-0.2, 0) is 9.53 Å². The van der Waals surface area contributed by atoms with Crippen molar-refractivity contribution >= 4 is 29.2 Å². The predicted octanol–water partition coefficient (Wildman–Crippen LogP) is 4.88. The number of amides is 1. The molecule has 1 saturated heterocycles. The summed E-state index contributed by atoms with van der Waals surface area (Å²) in [6.07, 6.45) is 3.49. The number of nitrogens with two attached hydrogens (primary N) is 1. The van der Waals surface area contributed by atoms with E-state index in [2.05, 4.69) is 4.90 Å². The van der Waals surface area contributed by atoms with Crippen LogP contribution in [0.2, 0.25) is 5.02 Å². The molecule has 0 spiro atoms. The van der Waals surface area contributed by atoms with E-state index in [4.69, 9.17) is 22.1 Å². The minimum atomic E-state index is -0.539. The van der Waals surface area contributed by atoms with Gasteiger partial charge in [-0.1, -0.05) is 42.8 Å². The highest BCUT2D eigenvalue weighted by molar-refractivity contribution is 6.33. The van der Waals surface area contributed by atoms with Crippen LogP contribution < -0.4 is 10.6 Å². The van der Waals surface area contributed by atoms with Gasteiger partial charge in [0.15, 0.2) is 0 Å². The van der Waals surface area contributed by atoms with E-state index in [0.717, 1.165) is 42.7 Å². The monoisotopic (exact) mass is 428 g/mol. The molecule has 0 radical (unpaired) electrons. The largest absolute Gasteiger partial charge is 0.462 e. The molecule has 2 aromatic carbocycles. The molecule has 1 fully saturated rings. The van der Waals surface area contributed by atoms with E-state index in [9.17, 15) is 9.59 Å². The molecule has 1 heterocycles. The van der Waals surface area contributed by atoms with Crippen molar-refractivity contribution in [1.82, 2.24) is 0 Å². The van der Waals surface area contributed by atoms with Gasteiger partial charge in [-0.25, -0.2) is 4.79 Å². The van der Waals surface area contributed by atoms with E-state index in [0.29, 0.717) is 17.2 Å². The number of ether oxygens (including phenoxy) is 1. The quantitative estimate of drug-likeness (QED) is 0.638. The zero-order chi connectivity index (χ0) is 21.7. The van der Waals surface area contributed by atoms with Crippen molar-refractivity contribution in [3.05, 3.63) is 64.2 Å². The number of hydrogen-bond acceptors (Lipinski definition) is 4. The van der Waals surface area contributed by atoms with E-state index in [1.807, 2.05) is 25.1 Å². The van der Waals surface area contributed by atoms with Crippen LogP contribution in [0.4, 0.5) is 5.69 Å². The third-order valence-electron chi connectivity index (χ3n) is 5.77.